The van der Waals surface area contributed by atoms with Crippen molar-refractivity contribution < 1.29 is 19.4 Å². The highest BCUT2D eigenvalue weighted by Crippen LogP contribution is 2.19. The molecule has 0 aromatic heterocycles. The molecule has 1 aromatic rings. The van der Waals surface area contributed by atoms with Crippen LogP contribution in [0, 0.1) is 0 Å². The molecular weight excluding hydrogens is 234 g/mol. The lowest BCUT2D eigenvalue weighted by molar-refractivity contribution is -0.146. The summed E-state index contributed by atoms with van der Waals surface area (Å²) in [6.45, 7) is 0.943. The topological polar surface area (TPSA) is 81.8 Å². The van der Waals surface area contributed by atoms with Gasteiger partial charge in [0.05, 0.1) is 6.61 Å². The molecule has 0 fully saturated rings. The quantitative estimate of drug-likeness (QED) is 0.675. The van der Waals surface area contributed by atoms with E-state index in [1.807, 2.05) is 6.07 Å². The van der Waals surface area contributed by atoms with Crippen LogP contribution >= 0.6 is 0 Å². The highest BCUT2D eigenvalue weighted by atomic mass is 16.5. The summed E-state index contributed by atoms with van der Waals surface area (Å²) in [5, 5.41) is 9.26. The molecule has 5 nitrogen and oxygen atoms in total. The maximum Gasteiger partial charge on any atom is 0.330 e. The number of hydrogen-bond acceptors (Lipinski definition) is 4. The molecule has 0 aliphatic heterocycles. The van der Waals surface area contributed by atoms with Gasteiger partial charge in [0.1, 0.15) is 0 Å². The van der Waals surface area contributed by atoms with E-state index in [0.29, 0.717) is 25.2 Å². The first-order chi connectivity index (χ1) is 8.61. The number of nitrogens with two attached hydrogens (primary N) is 1. The zero-order valence-electron chi connectivity index (χ0n) is 10.5. The van der Waals surface area contributed by atoms with Gasteiger partial charge in [-0.2, -0.15) is 0 Å². The fourth-order valence-corrected chi connectivity index (χ4v) is 1.54. The minimum atomic E-state index is -1.51. The summed E-state index contributed by atoms with van der Waals surface area (Å²) < 4.78 is 10.2. The van der Waals surface area contributed by atoms with Gasteiger partial charge in [0.15, 0.2) is 5.54 Å². The first-order valence-electron chi connectivity index (χ1n) is 5.75. The second-order valence-corrected chi connectivity index (χ2v) is 4.04. The van der Waals surface area contributed by atoms with Gasteiger partial charge in [0.2, 0.25) is 0 Å². The van der Waals surface area contributed by atoms with Gasteiger partial charge in [-0.1, -0.05) is 30.3 Å². The van der Waals surface area contributed by atoms with Crippen molar-refractivity contribution in [3.05, 3.63) is 35.9 Å². The van der Waals surface area contributed by atoms with Crippen LogP contribution in [0.25, 0.3) is 0 Å². The summed E-state index contributed by atoms with van der Waals surface area (Å²) in [5.41, 5.74) is 4.95. The van der Waals surface area contributed by atoms with Crippen LogP contribution in [0.1, 0.15) is 12.0 Å². The summed E-state index contributed by atoms with van der Waals surface area (Å²) in [6, 6.07) is 8.69. The average molecular weight is 253 g/mol. The summed E-state index contributed by atoms with van der Waals surface area (Å²) in [5.74, 6) is -1.10. The molecule has 1 atom stereocenters. The molecule has 1 rings (SSSR count). The molecule has 0 aliphatic carbocycles. The zero-order chi connectivity index (χ0) is 13.4. The van der Waals surface area contributed by atoms with Crippen LogP contribution in [0.5, 0.6) is 0 Å². The second kappa shape index (κ2) is 7.10. The summed E-state index contributed by atoms with van der Waals surface area (Å²) in [4.78, 5) is 11.3. The molecule has 0 bridgehead atoms. The molecule has 1 aromatic carbocycles. The Morgan fingerprint density at radius 1 is 1.33 bits per heavy atom. The number of aliphatic carboxylic acids is 1. The van der Waals surface area contributed by atoms with E-state index in [1.54, 1.807) is 31.4 Å². The summed E-state index contributed by atoms with van der Waals surface area (Å²) in [6.07, 6.45) is 0.709. The lowest BCUT2D eigenvalue weighted by Gasteiger charge is -2.25. The Hall–Kier alpha value is -1.43. The van der Waals surface area contributed by atoms with Gasteiger partial charge in [-0.05, 0) is 12.0 Å². The Bertz CT molecular complexity index is 369. The van der Waals surface area contributed by atoms with Crippen molar-refractivity contribution in [3.63, 3.8) is 0 Å². The van der Waals surface area contributed by atoms with Crippen molar-refractivity contribution in [2.45, 2.75) is 12.0 Å². The fraction of sp³-hybridized carbons (Fsp3) is 0.462. The largest absolute Gasteiger partial charge is 0.480 e. The van der Waals surface area contributed by atoms with E-state index in [-0.39, 0.29) is 6.61 Å². The average Bonchev–Trinajstić information content (AvgIpc) is 2.39. The first kappa shape index (κ1) is 14.6. The van der Waals surface area contributed by atoms with Crippen molar-refractivity contribution in [1.82, 2.24) is 0 Å². The van der Waals surface area contributed by atoms with Gasteiger partial charge in [0, 0.05) is 20.3 Å². The molecule has 18 heavy (non-hydrogen) atoms. The number of hydrogen-bond donors (Lipinski definition) is 2. The number of ether oxygens (including phenoxy) is 2. The SMILES string of the molecule is COCCCOCC(N)(C(=O)O)c1ccccc1. The van der Waals surface area contributed by atoms with Crippen LogP contribution in [0.2, 0.25) is 0 Å². The lowest BCUT2D eigenvalue weighted by Crippen LogP contribution is -2.49. The Labute approximate surface area is 107 Å². The molecule has 0 aliphatic rings. The van der Waals surface area contributed by atoms with Gasteiger partial charge in [-0.3, -0.25) is 0 Å². The molecule has 0 saturated carbocycles. The molecule has 0 spiro atoms. The van der Waals surface area contributed by atoms with Crippen LogP contribution in [-0.4, -0.2) is 38.0 Å². The summed E-state index contributed by atoms with van der Waals surface area (Å²) >= 11 is 0. The highest BCUT2D eigenvalue weighted by molar-refractivity contribution is 5.80. The number of carboxylic acids is 1. The van der Waals surface area contributed by atoms with Crippen LogP contribution in [0.4, 0.5) is 0 Å². The zero-order valence-corrected chi connectivity index (χ0v) is 10.5. The molecule has 1 unspecified atom stereocenters. The fourth-order valence-electron chi connectivity index (χ4n) is 1.54. The molecule has 0 saturated heterocycles. The van der Waals surface area contributed by atoms with Gasteiger partial charge in [0.25, 0.3) is 0 Å². The Kier molecular flexibility index (Phi) is 5.77. The minimum absolute atomic E-state index is 0.0595. The van der Waals surface area contributed by atoms with E-state index in [0.717, 1.165) is 0 Å². The van der Waals surface area contributed by atoms with Crippen LogP contribution in [0.15, 0.2) is 30.3 Å². The highest BCUT2D eigenvalue weighted by Gasteiger charge is 2.36. The normalized spacial score (nSPS) is 14.1. The van der Waals surface area contributed by atoms with Crippen molar-refractivity contribution >= 4 is 5.97 Å². The molecule has 100 valence electrons. The third-order valence-corrected chi connectivity index (χ3v) is 2.64. The predicted molar refractivity (Wildman–Crippen MR) is 67.3 cm³/mol. The van der Waals surface area contributed by atoms with Crippen LogP contribution in [0.3, 0.4) is 0 Å². The van der Waals surface area contributed by atoms with Crippen molar-refractivity contribution in [2.75, 3.05) is 26.9 Å². The second-order valence-electron chi connectivity index (χ2n) is 4.04. The maximum atomic E-state index is 11.3. The number of benzene rings is 1. The van der Waals surface area contributed by atoms with E-state index >= 15 is 0 Å². The van der Waals surface area contributed by atoms with Crippen LogP contribution in [-0.2, 0) is 19.8 Å². The van der Waals surface area contributed by atoms with Crippen molar-refractivity contribution in [1.29, 1.82) is 0 Å². The number of carbonyl (C=O) groups is 1. The smallest absolute Gasteiger partial charge is 0.330 e. The molecule has 5 heteroatoms. The lowest BCUT2D eigenvalue weighted by atomic mass is 9.92. The van der Waals surface area contributed by atoms with E-state index in [2.05, 4.69) is 0 Å². The van der Waals surface area contributed by atoms with Gasteiger partial charge < -0.3 is 20.3 Å². The molecule has 3 N–H and O–H groups in total. The third-order valence-electron chi connectivity index (χ3n) is 2.64. The van der Waals surface area contributed by atoms with Gasteiger partial charge >= 0.3 is 5.97 Å². The predicted octanol–water partition coefficient (Wildman–Crippen LogP) is 0.978. The molecular formula is C13H19NO4. The molecule has 0 amide bonds. The summed E-state index contributed by atoms with van der Waals surface area (Å²) in [7, 11) is 1.61. The van der Waals surface area contributed by atoms with E-state index in [4.69, 9.17) is 15.2 Å². The Morgan fingerprint density at radius 2 is 2.00 bits per heavy atom. The van der Waals surface area contributed by atoms with Crippen LogP contribution < -0.4 is 5.73 Å². The third kappa shape index (κ3) is 3.80. The number of methoxy groups -OCH3 is 1. The van der Waals surface area contributed by atoms with Crippen molar-refractivity contribution in [3.8, 4) is 0 Å². The van der Waals surface area contributed by atoms with E-state index in [1.165, 1.54) is 0 Å². The number of rotatable bonds is 8. The Balaban J connectivity index is 2.62. The Morgan fingerprint density at radius 3 is 2.56 bits per heavy atom. The van der Waals surface area contributed by atoms with Gasteiger partial charge in [-0.15, -0.1) is 0 Å². The van der Waals surface area contributed by atoms with Crippen molar-refractivity contribution in [2.24, 2.45) is 5.73 Å². The van der Waals surface area contributed by atoms with Gasteiger partial charge in [-0.25, -0.2) is 4.79 Å². The van der Waals surface area contributed by atoms with E-state index in [9.17, 15) is 9.90 Å². The molecule has 0 heterocycles. The van der Waals surface area contributed by atoms with E-state index < -0.39 is 11.5 Å². The number of carboxylic acid groups (broad SMARTS) is 1. The minimum Gasteiger partial charge on any atom is -0.480 e. The maximum absolute atomic E-state index is 11.3. The molecule has 0 radical (unpaired) electrons. The first-order valence-corrected chi connectivity index (χ1v) is 5.75. The monoisotopic (exact) mass is 253 g/mol. The standard InChI is InChI=1S/C13H19NO4/c1-17-8-5-9-18-10-13(14,12(15)16)11-6-3-2-4-7-11/h2-4,6-7H,5,8-10,14H2,1H3,(H,15,16).